The number of allylic oxidation sites excluding steroid dienone is 4. The minimum absolute atomic E-state index is 0.380. The number of aliphatic hydroxyl groups is 3. The van der Waals surface area contributed by atoms with Crippen LogP contribution in [0.1, 0.15) is 91.9 Å². The fourth-order valence-electron chi connectivity index (χ4n) is 7.21. The molecule has 0 spiro atoms. The van der Waals surface area contributed by atoms with Crippen molar-refractivity contribution in [3.8, 4) is 0 Å². The summed E-state index contributed by atoms with van der Waals surface area (Å²) < 4.78 is 0. The molecule has 0 bridgehead atoms. The molecule has 3 aliphatic rings. The average molecular weight is 457 g/mol. The first-order chi connectivity index (χ1) is 15.6. The second-order valence-corrected chi connectivity index (χ2v) is 11.5. The van der Waals surface area contributed by atoms with Crippen LogP contribution in [-0.4, -0.2) is 33.1 Å². The van der Waals surface area contributed by atoms with E-state index < -0.39 is 17.8 Å². The second-order valence-electron chi connectivity index (χ2n) is 11.5. The molecular formula is C30H48O3. The molecule has 2 unspecified atom stereocenters. The van der Waals surface area contributed by atoms with Crippen LogP contribution in [0.5, 0.6) is 0 Å². The van der Waals surface area contributed by atoms with Crippen LogP contribution in [0.15, 0.2) is 48.1 Å². The van der Waals surface area contributed by atoms with Crippen molar-refractivity contribution in [1.82, 2.24) is 0 Å². The lowest BCUT2D eigenvalue weighted by Crippen LogP contribution is -2.38. The summed E-state index contributed by atoms with van der Waals surface area (Å²) in [5.74, 6) is 2.66. The first kappa shape index (κ1) is 26.4. The van der Waals surface area contributed by atoms with Gasteiger partial charge in [-0.1, -0.05) is 71.1 Å². The summed E-state index contributed by atoms with van der Waals surface area (Å²) in [4.78, 5) is 0. The Morgan fingerprint density at radius 2 is 1.88 bits per heavy atom. The van der Waals surface area contributed by atoms with Gasteiger partial charge in [0.2, 0.25) is 0 Å². The molecule has 186 valence electrons. The largest absolute Gasteiger partial charge is 0.393 e. The zero-order valence-corrected chi connectivity index (χ0v) is 21.5. The molecule has 3 rings (SSSR count). The van der Waals surface area contributed by atoms with Crippen molar-refractivity contribution in [1.29, 1.82) is 0 Å². The van der Waals surface area contributed by atoms with Crippen molar-refractivity contribution in [2.75, 3.05) is 0 Å². The van der Waals surface area contributed by atoms with Crippen molar-refractivity contribution < 1.29 is 15.3 Å². The SMILES string of the molecule is C=C1/C(=C\CC2CCCC3(C)[C@@H]([C@H](C)/C=C/C=C/C(O)(CC)CC)CC[C@@H]23)C[C@@H](O)C[C@@H]1O. The van der Waals surface area contributed by atoms with Crippen LogP contribution in [0.3, 0.4) is 0 Å². The third-order valence-electron chi connectivity index (χ3n) is 9.57. The fourth-order valence-corrected chi connectivity index (χ4v) is 7.21. The molecule has 33 heavy (non-hydrogen) atoms. The van der Waals surface area contributed by atoms with Crippen molar-refractivity contribution in [3.63, 3.8) is 0 Å². The molecule has 3 fully saturated rings. The number of hydrogen-bond acceptors (Lipinski definition) is 3. The van der Waals surface area contributed by atoms with Crippen molar-refractivity contribution in [2.24, 2.45) is 29.1 Å². The van der Waals surface area contributed by atoms with Crippen molar-refractivity contribution in [2.45, 2.75) is 110 Å². The van der Waals surface area contributed by atoms with Crippen molar-refractivity contribution >= 4 is 0 Å². The van der Waals surface area contributed by atoms with Gasteiger partial charge in [0, 0.05) is 6.42 Å². The fraction of sp³-hybridized carbons (Fsp3) is 0.733. The van der Waals surface area contributed by atoms with E-state index in [0.717, 1.165) is 36.3 Å². The van der Waals surface area contributed by atoms with Crippen LogP contribution in [0.4, 0.5) is 0 Å². The Bertz CT molecular complexity index is 759. The van der Waals surface area contributed by atoms with Gasteiger partial charge < -0.3 is 15.3 Å². The Kier molecular flexibility index (Phi) is 8.86. The van der Waals surface area contributed by atoms with Gasteiger partial charge in [-0.25, -0.2) is 0 Å². The Hall–Kier alpha value is -1.16. The molecule has 3 saturated carbocycles. The molecule has 0 saturated heterocycles. The predicted molar refractivity (Wildman–Crippen MR) is 138 cm³/mol. The van der Waals surface area contributed by atoms with Crippen LogP contribution in [-0.2, 0) is 0 Å². The van der Waals surface area contributed by atoms with E-state index in [4.69, 9.17) is 0 Å². The zero-order valence-electron chi connectivity index (χ0n) is 21.5. The Balaban J connectivity index is 1.65. The Labute approximate surface area is 202 Å². The lowest BCUT2D eigenvalue weighted by molar-refractivity contribution is 0.0392. The van der Waals surface area contributed by atoms with Gasteiger partial charge in [0.1, 0.15) is 0 Å². The molecule has 3 N–H and O–H groups in total. The van der Waals surface area contributed by atoms with Crippen LogP contribution in [0, 0.1) is 29.1 Å². The van der Waals surface area contributed by atoms with Crippen molar-refractivity contribution in [3.05, 3.63) is 48.1 Å². The first-order valence-corrected chi connectivity index (χ1v) is 13.5. The zero-order chi connectivity index (χ0) is 24.2. The lowest BCUT2D eigenvalue weighted by Gasteiger charge is -2.46. The summed E-state index contributed by atoms with van der Waals surface area (Å²) in [6, 6.07) is 0. The molecular weight excluding hydrogens is 408 g/mol. The number of rotatable bonds is 8. The number of hydrogen-bond donors (Lipinski definition) is 3. The molecule has 7 atom stereocenters. The summed E-state index contributed by atoms with van der Waals surface area (Å²) in [5, 5.41) is 30.7. The van der Waals surface area contributed by atoms with E-state index in [1.807, 2.05) is 26.0 Å². The lowest BCUT2D eigenvalue weighted by atomic mass is 9.59. The standard InChI is InChI=1S/C30H48O3/c1-6-30(33,7-2)18-9-8-11-21(3)26-15-16-27-23(12-10-17-29(26,27)5)13-14-24-19-25(31)20-28(32)22(24)4/h8-9,11,14,18,21,23,25-28,31-33H,4,6-7,10,12-13,15-17,19-20H2,1-3,5H3/b11-8+,18-9+,24-14-/t21-,23?,25-,26-,27+,28+,29?/m1/s1. The first-order valence-electron chi connectivity index (χ1n) is 13.5. The monoisotopic (exact) mass is 456 g/mol. The third-order valence-corrected chi connectivity index (χ3v) is 9.57. The third kappa shape index (κ3) is 5.92. The summed E-state index contributed by atoms with van der Waals surface area (Å²) in [7, 11) is 0. The van der Waals surface area contributed by atoms with E-state index >= 15 is 0 Å². The minimum Gasteiger partial charge on any atom is -0.393 e. The topological polar surface area (TPSA) is 60.7 Å². The van der Waals surface area contributed by atoms with Gasteiger partial charge in [-0.3, -0.25) is 0 Å². The molecule has 0 heterocycles. The van der Waals surface area contributed by atoms with E-state index in [9.17, 15) is 15.3 Å². The molecule has 0 aromatic carbocycles. The van der Waals surface area contributed by atoms with Gasteiger partial charge in [0.05, 0.1) is 17.8 Å². The number of fused-ring (bicyclic) bond motifs is 1. The highest BCUT2D eigenvalue weighted by Crippen LogP contribution is 2.60. The number of aliphatic hydroxyl groups excluding tert-OH is 2. The van der Waals surface area contributed by atoms with Gasteiger partial charge >= 0.3 is 0 Å². The predicted octanol–water partition coefficient (Wildman–Crippen LogP) is 6.51. The highest BCUT2D eigenvalue weighted by atomic mass is 16.3. The minimum atomic E-state index is -0.682. The Morgan fingerprint density at radius 3 is 2.58 bits per heavy atom. The van der Waals surface area contributed by atoms with Gasteiger partial charge in [0.25, 0.3) is 0 Å². The normalized spacial score (nSPS) is 37.8. The molecule has 3 aliphatic carbocycles. The molecule has 0 amide bonds. The van der Waals surface area contributed by atoms with Gasteiger partial charge in [0.15, 0.2) is 0 Å². The van der Waals surface area contributed by atoms with E-state index in [2.05, 4.69) is 38.7 Å². The van der Waals surface area contributed by atoms with E-state index in [1.54, 1.807) is 0 Å². The van der Waals surface area contributed by atoms with Crippen LogP contribution < -0.4 is 0 Å². The van der Waals surface area contributed by atoms with Gasteiger partial charge in [-0.05, 0) is 91.6 Å². The summed E-state index contributed by atoms with van der Waals surface area (Å²) in [5.41, 5.74) is 1.59. The quantitative estimate of drug-likeness (QED) is 0.365. The van der Waals surface area contributed by atoms with E-state index in [-0.39, 0.29) is 0 Å². The summed E-state index contributed by atoms with van der Waals surface area (Å²) >= 11 is 0. The van der Waals surface area contributed by atoms with Crippen LogP contribution in [0.25, 0.3) is 0 Å². The van der Waals surface area contributed by atoms with Gasteiger partial charge in [-0.15, -0.1) is 0 Å². The maximum Gasteiger partial charge on any atom is 0.0825 e. The van der Waals surface area contributed by atoms with E-state index in [1.165, 1.54) is 32.1 Å². The molecule has 3 heteroatoms. The summed E-state index contributed by atoms with van der Waals surface area (Å²) in [6.45, 7) is 13.1. The smallest absolute Gasteiger partial charge is 0.0825 e. The highest BCUT2D eigenvalue weighted by Gasteiger charge is 2.51. The molecule has 0 radical (unpaired) electrons. The highest BCUT2D eigenvalue weighted by molar-refractivity contribution is 5.34. The molecule has 3 nitrogen and oxygen atoms in total. The molecule has 0 aliphatic heterocycles. The molecule has 0 aromatic heterocycles. The Morgan fingerprint density at radius 1 is 1.15 bits per heavy atom. The maximum absolute atomic E-state index is 10.5. The molecule has 0 aromatic rings. The summed E-state index contributed by atoms with van der Waals surface area (Å²) in [6.07, 6.45) is 19.8. The maximum atomic E-state index is 10.5. The second kappa shape index (κ2) is 11.1. The van der Waals surface area contributed by atoms with Crippen LogP contribution in [0.2, 0.25) is 0 Å². The van der Waals surface area contributed by atoms with E-state index in [0.29, 0.717) is 36.0 Å². The average Bonchev–Trinajstić information content (AvgIpc) is 3.15. The van der Waals surface area contributed by atoms with Gasteiger partial charge in [-0.2, -0.15) is 0 Å². The van der Waals surface area contributed by atoms with Crippen LogP contribution >= 0.6 is 0 Å².